The van der Waals surface area contributed by atoms with Gasteiger partial charge in [0.15, 0.2) is 0 Å². The smallest absolute Gasteiger partial charge is 0.239 e. The Morgan fingerprint density at radius 3 is 2.79 bits per heavy atom. The molecule has 3 N–H and O–H groups in total. The molecule has 3 rings (SSSR count). The summed E-state index contributed by atoms with van der Waals surface area (Å²) < 4.78 is 1.80. The predicted octanol–water partition coefficient (Wildman–Crippen LogP) is 1.66. The fourth-order valence-electron chi connectivity index (χ4n) is 3.22. The molecule has 1 aliphatic heterocycles. The van der Waals surface area contributed by atoms with E-state index >= 15 is 0 Å². The Hall–Kier alpha value is -2.18. The number of aromatic nitrogens is 2. The zero-order valence-corrected chi connectivity index (χ0v) is 14.2. The second-order valence-electron chi connectivity index (χ2n) is 6.29. The highest BCUT2D eigenvalue weighted by molar-refractivity contribution is 5.82. The largest absolute Gasteiger partial charge is 0.342 e. The van der Waals surface area contributed by atoms with Crippen molar-refractivity contribution < 1.29 is 4.79 Å². The standard InChI is InChI=1S/C18H25N5O/c1-3-7-14-12-15(22-21-14)18(24)20-17(13-8-5-4-6-9-13)16-10-11-19-23(16)2/h4-6,8-11,14-15,17,21-22H,3,7,12H2,1-2H3,(H,20,24). The number of carbonyl (C=O) groups excluding carboxylic acids is 1. The van der Waals surface area contributed by atoms with Crippen LogP contribution in [0.3, 0.4) is 0 Å². The third-order valence-corrected chi connectivity index (χ3v) is 4.51. The summed E-state index contributed by atoms with van der Waals surface area (Å²) in [5.74, 6) is 0.0103. The van der Waals surface area contributed by atoms with E-state index in [4.69, 9.17) is 0 Å². The van der Waals surface area contributed by atoms with Gasteiger partial charge in [0, 0.05) is 19.3 Å². The van der Waals surface area contributed by atoms with Crippen molar-refractivity contribution >= 4 is 5.91 Å². The minimum Gasteiger partial charge on any atom is -0.342 e. The second kappa shape index (κ2) is 7.59. The Morgan fingerprint density at radius 1 is 1.33 bits per heavy atom. The van der Waals surface area contributed by atoms with Crippen molar-refractivity contribution in [3.63, 3.8) is 0 Å². The van der Waals surface area contributed by atoms with E-state index in [1.807, 2.05) is 43.4 Å². The van der Waals surface area contributed by atoms with Crippen LogP contribution in [0.2, 0.25) is 0 Å². The van der Waals surface area contributed by atoms with Crippen molar-refractivity contribution in [1.82, 2.24) is 25.9 Å². The first-order valence-corrected chi connectivity index (χ1v) is 8.53. The maximum absolute atomic E-state index is 12.7. The van der Waals surface area contributed by atoms with Crippen LogP contribution < -0.4 is 16.2 Å². The van der Waals surface area contributed by atoms with E-state index in [1.165, 1.54) is 0 Å². The van der Waals surface area contributed by atoms with Gasteiger partial charge in [-0.05, 0) is 24.5 Å². The van der Waals surface area contributed by atoms with Gasteiger partial charge in [0.25, 0.3) is 0 Å². The Bertz CT molecular complexity index is 669. The van der Waals surface area contributed by atoms with Crippen LogP contribution in [0.4, 0.5) is 0 Å². The van der Waals surface area contributed by atoms with Gasteiger partial charge < -0.3 is 5.32 Å². The zero-order chi connectivity index (χ0) is 16.9. The summed E-state index contributed by atoms with van der Waals surface area (Å²) in [6.07, 6.45) is 4.74. The molecule has 2 aromatic rings. The molecule has 1 aromatic carbocycles. The predicted molar refractivity (Wildman–Crippen MR) is 93.0 cm³/mol. The summed E-state index contributed by atoms with van der Waals surface area (Å²) >= 11 is 0. The van der Waals surface area contributed by atoms with Crippen LogP contribution in [0.1, 0.15) is 43.5 Å². The molecule has 1 aliphatic rings. The molecular formula is C18H25N5O. The lowest BCUT2D eigenvalue weighted by molar-refractivity contribution is -0.123. The molecule has 0 bridgehead atoms. The first kappa shape index (κ1) is 16.7. The summed E-state index contributed by atoms with van der Waals surface area (Å²) in [5, 5.41) is 7.42. The van der Waals surface area contributed by atoms with Crippen molar-refractivity contribution in [2.45, 2.75) is 44.3 Å². The Labute approximate surface area is 142 Å². The highest BCUT2D eigenvalue weighted by Crippen LogP contribution is 2.22. The van der Waals surface area contributed by atoms with E-state index in [0.717, 1.165) is 30.5 Å². The summed E-state index contributed by atoms with van der Waals surface area (Å²) in [6, 6.07) is 11.9. The molecule has 1 amide bonds. The lowest BCUT2D eigenvalue weighted by Gasteiger charge is -2.21. The summed E-state index contributed by atoms with van der Waals surface area (Å²) in [5.41, 5.74) is 8.35. The number of nitrogens with zero attached hydrogens (tertiary/aromatic N) is 2. The van der Waals surface area contributed by atoms with Gasteiger partial charge in [-0.25, -0.2) is 5.43 Å². The van der Waals surface area contributed by atoms with Crippen LogP contribution in [0.25, 0.3) is 0 Å². The molecule has 24 heavy (non-hydrogen) atoms. The molecule has 0 radical (unpaired) electrons. The van der Waals surface area contributed by atoms with E-state index in [0.29, 0.717) is 6.04 Å². The summed E-state index contributed by atoms with van der Waals surface area (Å²) in [7, 11) is 1.89. The number of nitrogens with one attached hydrogen (secondary N) is 3. The first-order valence-electron chi connectivity index (χ1n) is 8.53. The van der Waals surface area contributed by atoms with Crippen molar-refractivity contribution in [2.75, 3.05) is 0 Å². The lowest BCUT2D eigenvalue weighted by atomic mass is 10.0. The minimum absolute atomic E-state index is 0.0103. The topological polar surface area (TPSA) is 71.0 Å². The molecule has 0 spiro atoms. The molecular weight excluding hydrogens is 302 g/mol. The molecule has 0 aliphatic carbocycles. The van der Waals surface area contributed by atoms with E-state index in [-0.39, 0.29) is 18.0 Å². The van der Waals surface area contributed by atoms with Crippen LogP contribution in [0, 0.1) is 0 Å². The van der Waals surface area contributed by atoms with Gasteiger partial charge in [-0.2, -0.15) is 5.10 Å². The number of hydrogen-bond donors (Lipinski definition) is 3. The molecule has 1 saturated heterocycles. The Kier molecular flexibility index (Phi) is 5.27. The highest BCUT2D eigenvalue weighted by atomic mass is 16.2. The maximum Gasteiger partial charge on any atom is 0.239 e. The molecule has 128 valence electrons. The third-order valence-electron chi connectivity index (χ3n) is 4.51. The second-order valence-corrected chi connectivity index (χ2v) is 6.29. The number of rotatable bonds is 6. The molecule has 6 nitrogen and oxygen atoms in total. The lowest BCUT2D eigenvalue weighted by Crippen LogP contribution is -2.45. The minimum atomic E-state index is -0.210. The number of hydrazine groups is 1. The zero-order valence-electron chi connectivity index (χ0n) is 14.2. The molecule has 1 aromatic heterocycles. The van der Waals surface area contributed by atoms with Gasteiger partial charge >= 0.3 is 0 Å². The highest BCUT2D eigenvalue weighted by Gasteiger charge is 2.30. The average Bonchev–Trinajstić information content (AvgIpc) is 3.23. The van der Waals surface area contributed by atoms with Crippen molar-refractivity contribution in [3.8, 4) is 0 Å². The van der Waals surface area contributed by atoms with Crippen molar-refractivity contribution in [3.05, 3.63) is 53.9 Å². The normalized spacial score (nSPS) is 21.6. The summed E-state index contributed by atoms with van der Waals surface area (Å²) in [4.78, 5) is 12.7. The number of benzene rings is 1. The quantitative estimate of drug-likeness (QED) is 0.755. The van der Waals surface area contributed by atoms with Gasteiger partial charge in [-0.15, -0.1) is 0 Å². The number of hydrogen-bond acceptors (Lipinski definition) is 4. The number of carbonyl (C=O) groups is 1. The maximum atomic E-state index is 12.7. The SMILES string of the molecule is CCCC1CC(C(=O)NC(c2ccccc2)c2ccnn2C)NN1. The van der Waals surface area contributed by atoms with Gasteiger partial charge in [-0.3, -0.25) is 14.9 Å². The van der Waals surface area contributed by atoms with Gasteiger partial charge in [-0.1, -0.05) is 43.7 Å². The van der Waals surface area contributed by atoms with Gasteiger partial charge in [0.2, 0.25) is 5.91 Å². The van der Waals surface area contributed by atoms with Crippen LogP contribution in [0.15, 0.2) is 42.6 Å². The van der Waals surface area contributed by atoms with E-state index in [2.05, 4.69) is 28.2 Å². The van der Waals surface area contributed by atoms with Crippen LogP contribution >= 0.6 is 0 Å². The third kappa shape index (κ3) is 3.66. The molecule has 6 heteroatoms. The van der Waals surface area contributed by atoms with Crippen LogP contribution in [-0.2, 0) is 11.8 Å². The van der Waals surface area contributed by atoms with Crippen LogP contribution in [-0.4, -0.2) is 27.8 Å². The van der Waals surface area contributed by atoms with Crippen molar-refractivity contribution in [2.24, 2.45) is 7.05 Å². The Morgan fingerprint density at radius 2 is 2.12 bits per heavy atom. The van der Waals surface area contributed by atoms with Crippen molar-refractivity contribution in [1.29, 1.82) is 0 Å². The first-order chi connectivity index (χ1) is 11.7. The molecule has 3 unspecified atom stereocenters. The summed E-state index contributed by atoms with van der Waals surface area (Å²) in [6.45, 7) is 2.16. The van der Waals surface area contributed by atoms with E-state index in [9.17, 15) is 4.79 Å². The van der Waals surface area contributed by atoms with E-state index in [1.54, 1.807) is 10.9 Å². The number of amides is 1. The number of aryl methyl sites for hydroxylation is 1. The van der Waals surface area contributed by atoms with Gasteiger partial charge in [0.05, 0.1) is 11.7 Å². The Balaban J connectivity index is 1.75. The fraction of sp³-hybridized carbons (Fsp3) is 0.444. The molecule has 1 fully saturated rings. The average molecular weight is 327 g/mol. The van der Waals surface area contributed by atoms with Gasteiger partial charge in [0.1, 0.15) is 6.04 Å². The van der Waals surface area contributed by atoms with E-state index < -0.39 is 0 Å². The fourth-order valence-corrected chi connectivity index (χ4v) is 3.22. The molecule has 3 atom stereocenters. The monoisotopic (exact) mass is 327 g/mol. The molecule has 0 saturated carbocycles. The molecule has 2 heterocycles. The van der Waals surface area contributed by atoms with Crippen LogP contribution in [0.5, 0.6) is 0 Å².